The Labute approximate surface area is 92.3 Å². The van der Waals surface area contributed by atoms with E-state index >= 15 is 0 Å². The number of aromatic nitrogens is 1. The van der Waals surface area contributed by atoms with Gasteiger partial charge in [-0.25, -0.2) is 4.98 Å². The second-order valence-electron chi connectivity index (χ2n) is 3.00. The van der Waals surface area contributed by atoms with E-state index < -0.39 is 5.97 Å². The number of hydrogen-bond donors (Lipinski definition) is 2. The molecule has 0 radical (unpaired) electrons. The number of carboxylic acid groups (broad SMARTS) is 1. The first-order valence-corrected chi connectivity index (χ1v) is 4.64. The summed E-state index contributed by atoms with van der Waals surface area (Å²) in [5, 5.41) is 10.9. The van der Waals surface area contributed by atoms with Crippen molar-refractivity contribution in [3.05, 3.63) is 18.3 Å². The first-order chi connectivity index (χ1) is 7.63. The van der Waals surface area contributed by atoms with Gasteiger partial charge in [-0.15, -0.1) is 0 Å². The normalized spacial score (nSPS) is 9.56. The van der Waals surface area contributed by atoms with Gasteiger partial charge in [0, 0.05) is 12.6 Å². The highest BCUT2D eigenvalue weighted by Crippen LogP contribution is 2.19. The number of hydrogen-bond acceptors (Lipinski definition) is 4. The first-order valence-electron chi connectivity index (χ1n) is 4.64. The lowest BCUT2D eigenvalue weighted by Crippen LogP contribution is -2.14. The van der Waals surface area contributed by atoms with Crippen LogP contribution in [0.25, 0.3) is 0 Å². The molecule has 0 saturated carbocycles. The van der Waals surface area contributed by atoms with Gasteiger partial charge in [0.1, 0.15) is 5.69 Å². The van der Waals surface area contributed by atoms with Crippen LogP contribution in [0, 0.1) is 0 Å². The molecule has 86 valence electrons. The summed E-state index contributed by atoms with van der Waals surface area (Å²) in [4.78, 5) is 25.5. The molecule has 0 spiro atoms. The number of amides is 1. The lowest BCUT2D eigenvalue weighted by Gasteiger charge is -2.07. The van der Waals surface area contributed by atoms with Crippen LogP contribution >= 0.6 is 0 Å². The fraction of sp³-hybridized carbons (Fsp3) is 0.300. The average Bonchev–Trinajstić information content (AvgIpc) is 2.27. The van der Waals surface area contributed by atoms with Crippen molar-refractivity contribution in [3.8, 4) is 5.88 Å². The Morgan fingerprint density at radius 3 is 2.88 bits per heavy atom. The molecule has 16 heavy (non-hydrogen) atoms. The predicted octanol–water partition coefficient (Wildman–Crippen LogP) is 0.893. The number of pyridine rings is 1. The van der Waals surface area contributed by atoms with Gasteiger partial charge >= 0.3 is 5.97 Å². The average molecular weight is 224 g/mol. The molecule has 2 N–H and O–H groups in total. The van der Waals surface area contributed by atoms with E-state index in [0.717, 1.165) is 0 Å². The number of nitrogens with zero attached hydrogens (tertiary/aromatic N) is 1. The standard InChI is InChI=1S/C10H12N2O4/c1-16-10-7(3-2-6-11-10)12-8(13)4-5-9(14)15/h2-3,6H,4-5H2,1H3,(H,12,13)(H,14,15). The van der Waals surface area contributed by atoms with Crippen molar-refractivity contribution in [1.29, 1.82) is 0 Å². The Balaban J connectivity index is 2.58. The zero-order valence-electron chi connectivity index (χ0n) is 8.77. The summed E-state index contributed by atoms with van der Waals surface area (Å²) >= 11 is 0. The van der Waals surface area contributed by atoms with Crippen LogP contribution < -0.4 is 10.1 Å². The molecule has 0 aliphatic rings. The zero-order chi connectivity index (χ0) is 12.0. The van der Waals surface area contributed by atoms with Crippen molar-refractivity contribution in [2.45, 2.75) is 12.8 Å². The minimum atomic E-state index is -1.01. The number of methoxy groups -OCH3 is 1. The van der Waals surface area contributed by atoms with Crippen molar-refractivity contribution >= 4 is 17.6 Å². The third kappa shape index (κ3) is 3.56. The fourth-order valence-electron chi connectivity index (χ4n) is 1.08. The number of ether oxygens (including phenoxy) is 1. The third-order valence-corrected chi connectivity index (χ3v) is 1.80. The molecule has 0 unspecified atom stereocenters. The quantitative estimate of drug-likeness (QED) is 0.775. The van der Waals surface area contributed by atoms with Crippen LogP contribution in [0.3, 0.4) is 0 Å². The fourth-order valence-corrected chi connectivity index (χ4v) is 1.08. The van der Waals surface area contributed by atoms with E-state index in [1.807, 2.05) is 0 Å². The van der Waals surface area contributed by atoms with E-state index in [1.165, 1.54) is 13.3 Å². The smallest absolute Gasteiger partial charge is 0.303 e. The second-order valence-corrected chi connectivity index (χ2v) is 3.00. The van der Waals surface area contributed by atoms with Gasteiger partial charge in [0.15, 0.2) is 0 Å². The van der Waals surface area contributed by atoms with Gasteiger partial charge in [0.2, 0.25) is 11.8 Å². The number of aliphatic carboxylic acids is 1. The van der Waals surface area contributed by atoms with Gasteiger partial charge < -0.3 is 15.2 Å². The van der Waals surface area contributed by atoms with Crippen LogP contribution in [0.4, 0.5) is 5.69 Å². The van der Waals surface area contributed by atoms with Gasteiger partial charge in [-0.2, -0.15) is 0 Å². The van der Waals surface area contributed by atoms with Crippen molar-refractivity contribution < 1.29 is 19.4 Å². The number of carbonyl (C=O) groups excluding carboxylic acids is 1. The molecule has 1 amide bonds. The highest BCUT2D eigenvalue weighted by atomic mass is 16.5. The predicted molar refractivity (Wildman–Crippen MR) is 56.3 cm³/mol. The van der Waals surface area contributed by atoms with Gasteiger partial charge in [-0.05, 0) is 12.1 Å². The first kappa shape index (κ1) is 12.0. The molecule has 1 rings (SSSR count). The Morgan fingerprint density at radius 2 is 2.25 bits per heavy atom. The second kappa shape index (κ2) is 5.69. The van der Waals surface area contributed by atoms with Gasteiger partial charge in [0.25, 0.3) is 0 Å². The molecular weight excluding hydrogens is 212 g/mol. The van der Waals surface area contributed by atoms with Crippen molar-refractivity contribution in [2.24, 2.45) is 0 Å². The Morgan fingerprint density at radius 1 is 1.50 bits per heavy atom. The molecule has 0 bridgehead atoms. The van der Waals surface area contributed by atoms with E-state index in [4.69, 9.17) is 9.84 Å². The molecule has 0 atom stereocenters. The third-order valence-electron chi connectivity index (χ3n) is 1.80. The monoisotopic (exact) mass is 224 g/mol. The summed E-state index contributed by atoms with van der Waals surface area (Å²) in [6.45, 7) is 0. The lowest BCUT2D eigenvalue weighted by atomic mass is 10.3. The summed E-state index contributed by atoms with van der Waals surface area (Å²) in [6.07, 6.45) is 1.26. The van der Waals surface area contributed by atoms with E-state index in [-0.39, 0.29) is 18.7 Å². The van der Waals surface area contributed by atoms with Crippen LogP contribution in [0.5, 0.6) is 5.88 Å². The molecule has 1 heterocycles. The van der Waals surface area contributed by atoms with Crippen LogP contribution in [0.2, 0.25) is 0 Å². The van der Waals surface area contributed by atoms with E-state index in [1.54, 1.807) is 12.1 Å². The molecule has 0 saturated heterocycles. The number of rotatable bonds is 5. The van der Waals surface area contributed by atoms with Gasteiger partial charge in [-0.1, -0.05) is 0 Å². The molecule has 1 aromatic rings. The molecule has 0 aliphatic carbocycles. The SMILES string of the molecule is COc1ncccc1NC(=O)CCC(=O)O. The number of anilines is 1. The maximum absolute atomic E-state index is 11.3. The molecule has 0 fully saturated rings. The topological polar surface area (TPSA) is 88.5 Å². The van der Waals surface area contributed by atoms with E-state index in [9.17, 15) is 9.59 Å². The van der Waals surface area contributed by atoms with Crippen LogP contribution in [-0.4, -0.2) is 29.1 Å². The van der Waals surface area contributed by atoms with Crippen molar-refractivity contribution in [1.82, 2.24) is 4.98 Å². The Kier molecular flexibility index (Phi) is 4.26. The highest BCUT2D eigenvalue weighted by molar-refractivity contribution is 5.93. The summed E-state index contributed by atoms with van der Waals surface area (Å²) in [5.74, 6) is -1.09. The molecule has 6 nitrogen and oxygen atoms in total. The summed E-state index contributed by atoms with van der Waals surface area (Å²) in [5.41, 5.74) is 0.431. The minimum absolute atomic E-state index is 0.0760. The summed E-state index contributed by atoms with van der Waals surface area (Å²) in [6, 6.07) is 3.28. The van der Waals surface area contributed by atoms with E-state index in [2.05, 4.69) is 10.3 Å². The molecular formula is C10H12N2O4. The van der Waals surface area contributed by atoms with Crippen LogP contribution in [0.15, 0.2) is 18.3 Å². The highest BCUT2D eigenvalue weighted by Gasteiger charge is 2.09. The van der Waals surface area contributed by atoms with E-state index in [0.29, 0.717) is 11.6 Å². The largest absolute Gasteiger partial charge is 0.481 e. The van der Waals surface area contributed by atoms with Gasteiger partial charge in [0.05, 0.1) is 13.5 Å². The Hall–Kier alpha value is -2.11. The lowest BCUT2D eigenvalue weighted by molar-refractivity contribution is -0.138. The summed E-state index contributed by atoms with van der Waals surface area (Å²) < 4.78 is 4.93. The number of nitrogens with one attached hydrogen (secondary N) is 1. The zero-order valence-corrected chi connectivity index (χ0v) is 8.77. The maximum Gasteiger partial charge on any atom is 0.303 e. The number of carboxylic acids is 1. The molecule has 0 aliphatic heterocycles. The molecule has 1 aromatic heterocycles. The van der Waals surface area contributed by atoms with Crippen molar-refractivity contribution in [3.63, 3.8) is 0 Å². The number of carbonyl (C=O) groups is 2. The van der Waals surface area contributed by atoms with Crippen molar-refractivity contribution in [2.75, 3.05) is 12.4 Å². The molecule has 6 heteroatoms. The maximum atomic E-state index is 11.3. The minimum Gasteiger partial charge on any atom is -0.481 e. The Bertz CT molecular complexity index is 392. The van der Waals surface area contributed by atoms with Gasteiger partial charge in [-0.3, -0.25) is 9.59 Å². The summed E-state index contributed by atoms with van der Waals surface area (Å²) in [7, 11) is 1.44. The van der Waals surface area contributed by atoms with Crippen LogP contribution in [0.1, 0.15) is 12.8 Å². The molecule has 0 aromatic carbocycles. The van der Waals surface area contributed by atoms with Crippen LogP contribution in [-0.2, 0) is 9.59 Å².